The predicted molar refractivity (Wildman–Crippen MR) is 90.5 cm³/mol. The van der Waals surface area contributed by atoms with Crippen molar-refractivity contribution in [1.29, 1.82) is 0 Å². The molecule has 1 aromatic carbocycles. The van der Waals surface area contributed by atoms with E-state index in [9.17, 15) is 27.6 Å². The number of hydrazine groups is 1. The highest BCUT2D eigenvalue weighted by Gasteiger charge is 2.32. The van der Waals surface area contributed by atoms with Gasteiger partial charge in [0.2, 0.25) is 0 Å². The number of rotatable bonds is 3. The van der Waals surface area contributed by atoms with Crippen LogP contribution in [0, 0.1) is 0 Å². The Labute approximate surface area is 158 Å². The number of alkyl halides is 3. The van der Waals surface area contributed by atoms with Crippen molar-refractivity contribution in [2.24, 2.45) is 0 Å². The largest absolute Gasteiger partial charge is 0.417 e. The molecule has 0 aliphatic carbocycles. The third-order valence-corrected chi connectivity index (χ3v) is 4.08. The zero-order valence-electron chi connectivity index (χ0n) is 12.7. The van der Waals surface area contributed by atoms with Gasteiger partial charge in [0.25, 0.3) is 17.4 Å². The summed E-state index contributed by atoms with van der Waals surface area (Å²) in [4.78, 5) is 35.5. The Hall–Kier alpha value is -2.33. The van der Waals surface area contributed by atoms with Crippen molar-refractivity contribution in [2.75, 3.05) is 0 Å². The molecule has 0 atom stereocenters. The van der Waals surface area contributed by atoms with E-state index < -0.39 is 40.7 Å². The second-order valence-electron chi connectivity index (χ2n) is 4.99. The van der Waals surface area contributed by atoms with E-state index in [-0.39, 0.29) is 5.56 Å². The Morgan fingerprint density at radius 3 is 2.46 bits per heavy atom. The first kappa shape index (κ1) is 20.0. The van der Waals surface area contributed by atoms with Gasteiger partial charge in [-0.25, -0.2) is 0 Å². The molecule has 6 nitrogen and oxygen atoms in total. The van der Waals surface area contributed by atoms with Crippen molar-refractivity contribution < 1.29 is 22.8 Å². The molecular weight excluding hydrogens is 443 g/mol. The fourth-order valence-electron chi connectivity index (χ4n) is 1.91. The topological polar surface area (TPSA) is 80.2 Å². The lowest BCUT2D eigenvalue weighted by molar-refractivity contribution is -0.138. The molecule has 2 rings (SSSR count). The van der Waals surface area contributed by atoms with E-state index in [4.69, 9.17) is 11.6 Å². The van der Waals surface area contributed by atoms with Crippen LogP contribution in [-0.2, 0) is 17.5 Å². The van der Waals surface area contributed by atoms with Gasteiger partial charge in [-0.15, -0.1) is 0 Å². The smallest absolute Gasteiger partial charge is 0.304 e. The lowest BCUT2D eigenvalue weighted by atomic mass is 10.2. The molecule has 1 aromatic heterocycles. The first-order chi connectivity index (χ1) is 12.1. The minimum absolute atomic E-state index is 0.229. The van der Waals surface area contributed by atoms with E-state index >= 15 is 0 Å². The highest BCUT2D eigenvalue weighted by molar-refractivity contribution is 9.10. The number of carbonyl (C=O) groups excluding carboxylic acids is 2. The predicted octanol–water partition coefficient (Wildman–Crippen LogP) is 2.74. The van der Waals surface area contributed by atoms with Crippen LogP contribution in [0.4, 0.5) is 13.2 Å². The summed E-state index contributed by atoms with van der Waals surface area (Å²) in [6.07, 6.45) is -4.26. The van der Waals surface area contributed by atoms with Crippen LogP contribution in [0.1, 0.15) is 15.9 Å². The van der Waals surface area contributed by atoms with Gasteiger partial charge in [-0.05, 0) is 34.1 Å². The number of aromatic nitrogens is 1. The van der Waals surface area contributed by atoms with Gasteiger partial charge in [0.1, 0.15) is 11.6 Å². The number of halogens is 5. The van der Waals surface area contributed by atoms with Crippen LogP contribution in [-0.4, -0.2) is 16.4 Å². The number of nitrogens with one attached hydrogen (secondary N) is 2. The normalized spacial score (nSPS) is 11.1. The molecule has 0 bridgehead atoms. The van der Waals surface area contributed by atoms with Crippen molar-refractivity contribution in [1.82, 2.24) is 15.4 Å². The van der Waals surface area contributed by atoms with Crippen molar-refractivity contribution >= 4 is 39.3 Å². The van der Waals surface area contributed by atoms with Gasteiger partial charge in [-0.3, -0.25) is 25.2 Å². The number of benzene rings is 1. The quantitative estimate of drug-likeness (QED) is 0.703. The second-order valence-corrected chi connectivity index (χ2v) is 6.25. The highest BCUT2D eigenvalue weighted by Crippen LogP contribution is 2.29. The van der Waals surface area contributed by atoms with Crippen molar-refractivity contribution in [3.05, 3.63) is 67.5 Å². The van der Waals surface area contributed by atoms with Crippen molar-refractivity contribution in [2.45, 2.75) is 12.7 Å². The molecule has 0 spiro atoms. The maximum Gasteiger partial charge on any atom is 0.417 e. The molecule has 2 N–H and O–H groups in total. The molecule has 0 aliphatic rings. The summed E-state index contributed by atoms with van der Waals surface area (Å²) in [5.41, 5.74) is 2.21. The van der Waals surface area contributed by atoms with Crippen LogP contribution in [0.3, 0.4) is 0 Å². The van der Waals surface area contributed by atoms with Crippen LogP contribution in [0.2, 0.25) is 5.02 Å². The third kappa shape index (κ3) is 4.85. The van der Waals surface area contributed by atoms with E-state index in [1.165, 1.54) is 6.07 Å². The van der Waals surface area contributed by atoms with Gasteiger partial charge in [-0.1, -0.05) is 23.7 Å². The molecule has 0 saturated carbocycles. The first-order valence-electron chi connectivity index (χ1n) is 6.90. The van der Waals surface area contributed by atoms with Crippen molar-refractivity contribution in [3.63, 3.8) is 0 Å². The maximum atomic E-state index is 12.8. The summed E-state index contributed by atoms with van der Waals surface area (Å²) >= 11 is 8.65. The summed E-state index contributed by atoms with van der Waals surface area (Å²) < 4.78 is 39.3. The molecule has 26 heavy (non-hydrogen) atoms. The maximum absolute atomic E-state index is 12.8. The summed E-state index contributed by atoms with van der Waals surface area (Å²) in [6, 6.07) is 6.87. The summed E-state index contributed by atoms with van der Waals surface area (Å²) in [7, 11) is 0. The van der Waals surface area contributed by atoms with Gasteiger partial charge >= 0.3 is 6.18 Å². The molecule has 0 saturated heterocycles. The Morgan fingerprint density at radius 2 is 1.85 bits per heavy atom. The summed E-state index contributed by atoms with van der Waals surface area (Å²) in [5, 5.41) is -0.676. The van der Waals surface area contributed by atoms with E-state index in [1.54, 1.807) is 18.2 Å². The molecule has 11 heteroatoms. The van der Waals surface area contributed by atoms with Crippen LogP contribution >= 0.6 is 27.5 Å². The Kier molecular flexibility index (Phi) is 6.09. The molecule has 0 fully saturated rings. The van der Waals surface area contributed by atoms with E-state index in [0.717, 1.165) is 0 Å². The van der Waals surface area contributed by atoms with Gasteiger partial charge in [0.05, 0.1) is 11.1 Å². The Morgan fingerprint density at radius 1 is 1.19 bits per heavy atom. The monoisotopic (exact) mass is 451 g/mol. The molecule has 2 aromatic rings. The number of hydrogen-bond acceptors (Lipinski definition) is 3. The van der Waals surface area contributed by atoms with Crippen LogP contribution < -0.4 is 16.4 Å². The number of nitrogens with zero attached hydrogens (tertiary/aromatic N) is 1. The lowest BCUT2D eigenvalue weighted by Gasteiger charge is -2.12. The zero-order valence-corrected chi connectivity index (χ0v) is 15.1. The van der Waals surface area contributed by atoms with Gasteiger partial charge in [-0.2, -0.15) is 13.2 Å². The van der Waals surface area contributed by atoms with Crippen molar-refractivity contribution in [3.8, 4) is 0 Å². The first-order valence-corrected chi connectivity index (χ1v) is 8.07. The molecular formula is C15H10BrClF3N3O3. The van der Waals surface area contributed by atoms with E-state index in [1.807, 2.05) is 5.43 Å². The SMILES string of the molecule is O=C(Cn1cc(C(F)(F)F)cc(Cl)c1=O)NNC(=O)c1ccccc1Br. The zero-order chi connectivity index (χ0) is 19.5. The van der Waals surface area contributed by atoms with E-state index in [0.29, 0.717) is 21.3 Å². The molecule has 0 radical (unpaired) electrons. The third-order valence-electron chi connectivity index (χ3n) is 3.12. The van der Waals surface area contributed by atoms with E-state index in [2.05, 4.69) is 21.4 Å². The highest BCUT2D eigenvalue weighted by atomic mass is 79.9. The minimum atomic E-state index is -4.73. The summed E-state index contributed by atoms with van der Waals surface area (Å²) in [5.74, 6) is -1.57. The van der Waals surface area contributed by atoms with Gasteiger partial charge in [0.15, 0.2) is 0 Å². The van der Waals surface area contributed by atoms with Gasteiger partial charge in [0, 0.05) is 10.7 Å². The summed E-state index contributed by atoms with van der Waals surface area (Å²) in [6.45, 7) is -0.765. The van der Waals surface area contributed by atoms with Crippen LogP contribution in [0.25, 0.3) is 0 Å². The number of amides is 2. The molecule has 2 amide bonds. The van der Waals surface area contributed by atoms with Gasteiger partial charge < -0.3 is 4.57 Å². The number of pyridine rings is 1. The molecule has 138 valence electrons. The molecule has 0 aliphatic heterocycles. The fourth-order valence-corrected chi connectivity index (χ4v) is 2.60. The molecule has 0 unspecified atom stereocenters. The fraction of sp³-hybridized carbons (Fsp3) is 0.133. The number of hydrogen-bond donors (Lipinski definition) is 2. The standard InChI is InChI=1S/C15H10BrClF3N3O3/c16-10-4-2-1-3-9(10)13(25)22-21-12(24)7-23-6-8(15(18,19)20)5-11(17)14(23)26/h1-6H,7H2,(H,21,24)(H,22,25). The Bertz CT molecular complexity index is 915. The Balaban J connectivity index is 2.09. The second kappa shape index (κ2) is 7.92. The van der Waals surface area contributed by atoms with Crippen LogP contribution in [0.5, 0.6) is 0 Å². The van der Waals surface area contributed by atoms with Crippen LogP contribution in [0.15, 0.2) is 45.8 Å². The average Bonchev–Trinajstić information content (AvgIpc) is 2.56. The minimum Gasteiger partial charge on any atom is -0.304 e. The lowest BCUT2D eigenvalue weighted by Crippen LogP contribution is -2.44. The molecule has 1 heterocycles. The number of carbonyl (C=O) groups is 2. The average molecular weight is 453 g/mol.